The maximum absolute atomic E-state index is 11.5. The van der Waals surface area contributed by atoms with Crippen molar-refractivity contribution in [3.63, 3.8) is 0 Å². The first-order valence-electron chi connectivity index (χ1n) is 5.68. The molecular weight excluding hydrogens is 188 g/mol. The van der Waals surface area contributed by atoms with Gasteiger partial charge in [-0.1, -0.05) is 20.8 Å². The molecule has 0 aromatic heterocycles. The number of carbonyl (C=O) groups excluding carboxylic acids is 1. The number of hydrogen-bond donors (Lipinski definition) is 2. The van der Waals surface area contributed by atoms with E-state index in [2.05, 4.69) is 31.4 Å². The Kier molecular flexibility index (Phi) is 5.29. The molecule has 0 atom stereocenters. The van der Waals surface area contributed by atoms with Crippen molar-refractivity contribution in [1.29, 1.82) is 0 Å². The van der Waals surface area contributed by atoms with E-state index in [9.17, 15) is 4.79 Å². The molecule has 0 saturated carbocycles. The van der Waals surface area contributed by atoms with Crippen molar-refractivity contribution in [3.8, 4) is 0 Å². The lowest BCUT2D eigenvalue weighted by atomic mass is 9.90. The summed E-state index contributed by atoms with van der Waals surface area (Å²) in [5, 5.41) is 6.11. The largest absolute Gasteiger partial charge is 0.350 e. The zero-order valence-corrected chi connectivity index (χ0v) is 11.0. The molecule has 0 radical (unpaired) electrons. The molecule has 0 spiro atoms. The fraction of sp³-hybridized carbons (Fsp3) is 0.917. The van der Waals surface area contributed by atoms with Gasteiger partial charge in [-0.25, -0.2) is 0 Å². The summed E-state index contributed by atoms with van der Waals surface area (Å²) in [7, 11) is 0. The first-order chi connectivity index (χ1) is 6.66. The van der Waals surface area contributed by atoms with E-state index in [0.29, 0.717) is 6.54 Å². The zero-order valence-electron chi connectivity index (χ0n) is 11.0. The molecule has 90 valence electrons. The molecule has 0 aliphatic rings. The predicted molar refractivity (Wildman–Crippen MR) is 64.8 cm³/mol. The van der Waals surface area contributed by atoms with Gasteiger partial charge < -0.3 is 10.6 Å². The Morgan fingerprint density at radius 2 is 1.67 bits per heavy atom. The molecule has 0 saturated heterocycles. The van der Waals surface area contributed by atoms with Gasteiger partial charge in [0, 0.05) is 12.1 Å². The van der Waals surface area contributed by atoms with Gasteiger partial charge in [-0.3, -0.25) is 4.79 Å². The number of rotatable bonds is 5. The highest BCUT2D eigenvalue weighted by molar-refractivity contribution is 5.78. The summed E-state index contributed by atoms with van der Waals surface area (Å²) >= 11 is 0. The minimum Gasteiger partial charge on any atom is -0.350 e. The summed E-state index contributed by atoms with van der Waals surface area (Å²) in [5.74, 6) is 0.0643. The predicted octanol–water partition coefficient (Wildman–Crippen LogP) is 1.93. The second-order valence-corrected chi connectivity index (χ2v) is 5.92. The SMILES string of the molecule is CCC(C)(C)CNCC(=O)NC(C)(C)C. The highest BCUT2D eigenvalue weighted by Gasteiger charge is 2.16. The van der Waals surface area contributed by atoms with Gasteiger partial charge in [-0.05, 0) is 32.6 Å². The van der Waals surface area contributed by atoms with E-state index < -0.39 is 0 Å². The molecule has 0 fully saturated rings. The molecule has 0 bridgehead atoms. The van der Waals surface area contributed by atoms with E-state index in [0.717, 1.165) is 13.0 Å². The van der Waals surface area contributed by atoms with Crippen LogP contribution in [0.1, 0.15) is 48.0 Å². The molecule has 0 aliphatic heterocycles. The summed E-state index contributed by atoms with van der Waals surface area (Å²) < 4.78 is 0. The van der Waals surface area contributed by atoms with Crippen LogP contribution in [0.15, 0.2) is 0 Å². The van der Waals surface area contributed by atoms with Gasteiger partial charge in [0.25, 0.3) is 0 Å². The second-order valence-electron chi connectivity index (χ2n) is 5.92. The molecule has 0 heterocycles. The summed E-state index contributed by atoms with van der Waals surface area (Å²) in [6.45, 7) is 13.8. The fourth-order valence-corrected chi connectivity index (χ4v) is 1.10. The van der Waals surface area contributed by atoms with Crippen molar-refractivity contribution in [3.05, 3.63) is 0 Å². The molecule has 0 unspecified atom stereocenters. The molecule has 0 aliphatic carbocycles. The third-order valence-electron chi connectivity index (χ3n) is 2.36. The molecule has 1 amide bonds. The molecule has 0 rings (SSSR count). The van der Waals surface area contributed by atoms with Crippen LogP contribution in [-0.2, 0) is 4.79 Å². The van der Waals surface area contributed by atoms with Gasteiger partial charge >= 0.3 is 0 Å². The van der Waals surface area contributed by atoms with Crippen LogP contribution in [0.3, 0.4) is 0 Å². The average molecular weight is 214 g/mol. The Morgan fingerprint density at radius 3 is 2.07 bits per heavy atom. The van der Waals surface area contributed by atoms with E-state index in [-0.39, 0.29) is 16.9 Å². The van der Waals surface area contributed by atoms with Crippen molar-refractivity contribution in [2.24, 2.45) is 5.41 Å². The average Bonchev–Trinajstić information content (AvgIpc) is 2.00. The molecule has 3 heteroatoms. The van der Waals surface area contributed by atoms with Crippen molar-refractivity contribution in [2.75, 3.05) is 13.1 Å². The Balaban J connectivity index is 3.74. The molecule has 3 nitrogen and oxygen atoms in total. The van der Waals surface area contributed by atoms with Crippen LogP contribution in [0.4, 0.5) is 0 Å². The molecule has 2 N–H and O–H groups in total. The van der Waals surface area contributed by atoms with E-state index >= 15 is 0 Å². The van der Waals surface area contributed by atoms with Gasteiger partial charge in [0.05, 0.1) is 6.54 Å². The maximum Gasteiger partial charge on any atom is 0.234 e. The van der Waals surface area contributed by atoms with E-state index in [1.165, 1.54) is 0 Å². The van der Waals surface area contributed by atoms with Gasteiger partial charge in [0.1, 0.15) is 0 Å². The van der Waals surface area contributed by atoms with Gasteiger partial charge in [0.2, 0.25) is 5.91 Å². The summed E-state index contributed by atoms with van der Waals surface area (Å²) in [5.41, 5.74) is 0.126. The Bertz CT molecular complexity index is 204. The molecular formula is C12H26N2O. The number of hydrogen-bond acceptors (Lipinski definition) is 2. The minimum atomic E-state index is -0.140. The number of carbonyl (C=O) groups is 1. The quantitative estimate of drug-likeness (QED) is 0.734. The van der Waals surface area contributed by atoms with E-state index in [4.69, 9.17) is 0 Å². The fourth-order valence-electron chi connectivity index (χ4n) is 1.10. The van der Waals surface area contributed by atoms with Crippen LogP contribution in [0, 0.1) is 5.41 Å². The highest BCUT2D eigenvalue weighted by atomic mass is 16.2. The maximum atomic E-state index is 11.5. The lowest BCUT2D eigenvalue weighted by Gasteiger charge is -2.24. The van der Waals surface area contributed by atoms with Crippen LogP contribution in [0.5, 0.6) is 0 Å². The van der Waals surface area contributed by atoms with Crippen molar-refractivity contribution < 1.29 is 4.79 Å². The summed E-state index contributed by atoms with van der Waals surface area (Å²) in [6, 6.07) is 0. The third-order valence-corrected chi connectivity index (χ3v) is 2.36. The van der Waals surface area contributed by atoms with E-state index in [1.54, 1.807) is 0 Å². The summed E-state index contributed by atoms with van der Waals surface area (Å²) in [6.07, 6.45) is 1.11. The first kappa shape index (κ1) is 14.4. The van der Waals surface area contributed by atoms with Crippen LogP contribution in [0.25, 0.3) is 0 Å². The molecule has 0 aromatic rings. The Morgan fingerprint density at radius 1 is 1.13 bits per heavy atom. The Hall–Kier alpha value is -0.570. The topological polar surface area (TPSA) is 41.1 Å². The smallest absolute Gasteiger partial charge is 0.234 e. The highest BCUT2D eigenvalue weighted by Crippen LogP contribution is 2.17. The van der Waals surface area contributed by atoms with Gasteiger partial charge in [-0.2, -0.15) is 0 Å². The van der Waals surface area contributed by atoms with Crippen LogP contribution in [-0.4, -0.2) is 24.5 Å². The summed E-state index contributed by atoms with van der Waals surface area (Å²) in [4.78, 5) is 11.5. The van der Waals surface area contributed by atoms with Crippen molar-refractivity contribution in [1.82, 2.24) is 10.6 Å². The van der Waals surface area contributed by atoms with Crippen molar-refractivity contribution >= 4 is 5.91 Å². The molecule has 0 aromatic carbocycles. The van der Waals surface area contributed by atoms with Gasteiger partial charge in [-0.15, -0.1) is 0 Å². The van der Waals surface area contributed by atoms with E-state index in [1.807, 2.05) is 20.8 Å². The number of nitrogens with one attached hydrogen (secondary N) is 2. The number of amides is 1. The first-order valence-corrected chi connectivity index (χ1v) is 5.68. The van der Waals surface area contributed by atoms with Crippen LogP contribution < -0.4 is 10.6 Å². The molecule has 15 heavy (non-hydrogen) atoms. The lowest BCUT2D eigenvalue weighted by Crippen LogP contribution is -2.46. The van der Waals surface area contributed by atoms with Crippen molar-refractivity contribution in [2.45, 2.75) is 53.5 Å². The van der Waals surface area contributed by atoms with Gasteiger partial charge in [0.15, 0.2) is 0 Å². The third kappa shape index (κ3) is 8.43. The standard InChI is InChI=1S/C12H26N2O/c1-7-12(5,6)9-13-8-10(15)14-11(2,3)4/h13H,7-9H2,1-6H3,(H,14,15). The Labute approximate surface area is 94.0 Å². The normalized spacial score (nSPS) is 12.7. The lowest BCUT2D eigenvalue weighted by molar-refractivity contribution is -0.121. The second kappa shape index (κ2) is 5.50. The monoisotopic (exact) mass is 214 g/mol. The van der Waals surface area contributed by atoms with Crippen LogP contribution >= 0.6 is 0 Å². The minimum absolute atomic E-state index is 0.0643. The van der Waals surface area contributed by atoms with Crippen LogP contribution in [0.2, 0.25) is 0 Å². The zero-order chi connectivity index (χ0) is 12.1.